The molecule has 0 aromatic heterocycles. The maximum absolute atomic E-state index is 5.33. The van der Waals surface area contributed by atoms with Crippen LogP contribution in [0.25, 0.3) is 0 Å². The second-order valence-corrected chi connectivity index (χ2v) is 4.95. The summed E-state index contributed by atoms with van der Waals surface area (Å²) in [5, 5.41) is 7.13. The maximum atomic E-state index is 5.33. The van der Waals surface area contributed by atoms with Crippen molar-refractivity contribution in [3.05, 3.63) is 65.7 Å². The van der Waals surface area contributed by atoms with Crippen molar-refractivity contribution >= 4 is 23.0 Å². The van der Waals surface area contributed by atoms with E-state index in [-0.39, 0.29) is 6.04 Å². The quantitative estimate of drug-likeness (QED) is 0.823. The highest BCUT2D eigenvalue weighted by Gasteiger charge is 2.08. The van der Waals surface area contributed by atoms with Crippen LogP contribution in [0.1, 0.15) is 24.1 Å². The van der Waals surface area contributed by atoms with E-state index in [0.29, 0.717) is 5.11 Å². The number of nitrogens with one attached hydrogen (secondary N) is 2. The van der Waals surface area contributed by atoms with E-state index in [1.54, 1.807) is 0 Å². The number of rotatable bonds is 3. The summed E-state index contributed by atoms with van der Waals surface area (Å²) < 4.78 is 0. The maximum Gasteiger partial charge on any atom is 0.171 e. The Hall–Kier alpha value is -1.87. The van der Waals surface area contributed by atoms with E-state index >= 15 is 0 Å². The SMILES string of the molecule is Cc1ccccc1[C@H](C)NC(=S)Nc1ccccc1. The lowest BCUT2D eigenvalue weighted by molar-refractivity contribution is 0.717. The molecular formula is C16H18N2S. The Bertz CT molecular complexity index is 552. The predicted octanol–water partition coefficient (Wildman–Crippen LogP) is 4.04. The number of benzene rings is 2. The molecule has 0 aliphatic rings. The van der Waals surface area contributed by atoms with E-state index in [1.165, 1.54) is 11.1 Å². The summed E-state index contributed by atoms with van der Waals surface area (Å²) in [7, 11) is 0. The van der Waals surface area contributed by atoms with Gasteiger partial charge in [-0.15, -0.1) is 0 Å². The molecule has 98 valence electrons. The lowest BCUT2D eigenvalue weighted by atomic mass is 10.0. The van der Waals surface area contributed by atoms with Crippen LogP contribution in [0, 0.1) is 6.92 Å². The Morgan fingerprint density at radius 2 is 1.63 bits per heavy atom. The monoisotopic (exact) mass is 270 g/mol. The molecule has 0 radical (unpaired) electrons. The van der Waals surface area contributed by atoms with Gasteiger partial charge in [0.15, 0.2) is 5.11 Å². The standard InChI is InChI=1S/C16H18N2S/c1-12-8-6-7-11-15(12)13(2)17-16(19)18-14-9-4-3-5-10-14/h3-11,13H,1-2H3,(H2,17,18,19)/t13-/m0/s1. The number of hydrogen-bond acceptors (Lipinski definition) is 1. The lowest BCUT2D eigenvalue weighted by Crippen LogP contribution is -2.31. The van der Waals surface area contributed by atoms with Gasteiger partial charge in [0.25, 0.3) is 0 Å². The zero-order chi connectivity index (χ0) is 13.7. The number of para-hydroxylation sites is 1. The third kappa shape index (κ3) is 3.80. The Morgan fingerprint density at radius 1 is 1.00 bits per heavy atom. The first-order valence-corrected chi connectivity index (χ1v) is 6.76. The molecule has 3 heteroatoms. The molecule has 0 amide bonds. The summed E-state index contributed by atoms with van der Waals surface area (Å²) in [6, 6.07) is 18.5. The first-order valence-electron chi connectivity index (χ1n) is 6.35. The summed E-state index contributed by atoms with van der Waals surface area (Å²) in [5.74, 6) is 0. The highest BCUT2D eigenvalue weighted by Crippen LogP contribution is 2.16. The van der Waals surface area contributed by atoms with Crippen LogP contribution in [0.2, 0.25) is 0 Å². The fourth-order valence-corrected chi connectivity index (χ4v) is 2.33. The van der Waals surface area contributed by atoms with Gasteiger partial charge in [-0.2, -0.15) is 0 Å². The predicted molar refractivity (Wildman–Crippen MR) is 85.4 cm³/mol. The molecule has 0 saturated carbocycles. The molecule has 1 atom stereocenters. The van der Waals surface area contributed by atoms with Crippen LogP contribution >= 0.6 is 12.2 Å². The first kappa shape index (κ1) is 13.6. The van der Waals surface area contributed by atoms with Crippen molar-refractivity contribution in [2.45, 2.75) is 19.9 Å². The minimum Gasteiger partial charge on any atom is -0.356 e. The average Bonchev–Trinajstić information content (AvgIpc) is 2.40. The molecule has 0 aliphatic heterocycles. The average molecular weight is 270 g/mol. The smallest absolute Gasteiger partial charge is 0.171 e. The van der Waals surface area contributed by atoms with Gasteiger partial charge in [-0.25, -0.2) is 0 Å². The molecule has 19 heavy (non-hydrogen) atoms. The van der Waals surface area contributed by atoms with E-state index in [9.17, 15) is 0 Å². The van der Waals surface area contributed by atoms with Gasteiger partial charge in [0.1, 0.15) is 0 Å². The van der Waals surface area contributed by atoms with Crippen LogP contribution in [-0.4, -0.2) is 5.11 Å². The van der Waals surface area contributed by atoms with Gasteiger partial charge in [-0.1, -0.05) is 42.5 Å². The number of anilines is 1. The molecule has 0 heterocycles. The van der Waals surface area contributed by atoms with Crippen LogP contribution in [0.3, 0.4) is 0 Å². The Balaban J connectivity index is 1.98. The fourth-order valence-electron chi connectivity index (χ4n) is 2.04. The van der Waals surface area contributed by atoms with Crippen molar-refractivity contribution in [2.24, 2.45) is 0 Å². The van der Waals surface area contributed by atoms with Crippen molar-refractivity contribution in [3.8, 4) is 0 Å². The largest absolute Gasteiger partial charge is 0.356 e. The summed E-state index contributed by atoms with van der Waals surface area (Å²) in [5.41, 5.74) is 3.53. The van der Waals surface area contributed by atoms with E-state index in [2.05, 4.69) is 36.6 Å². The summed E-state index contributed by atoms with van der Waals surface area (Å²) >= 11 is 5.33. The van der Waals surface area contributed by atoms with E-state index < -0.39 is 0 Å². The van der Waals surface area contributed by atoms with Crippen molar-refractivity contribution in [3.63, 3.8) is 0 Å². The molecule has 0 bridgehead atoms. The molecule has 2 aromatic rings. The second-order valence-electron chi connectivity index (χ2n) is 4.54. The fraction of sp³-hybridized carbons (Fsp3) is 0.188. The van der Waals surface area contributed by atoms with Crippen LogP contribution < -0.4 is 10.6 Å². The second kappa shape index (κ2) is 6.34. The van der Waals surface area contributed by atoms with Gasteiger partial charge in [-0.05, 0) is 49.3 Å². The van der Waals surface area contributed by atoms with Crippen LogP contribution in [0.15, 0.2) is 54.6 Å². The van der Waals surface area contributed by atoms with Gasteiger partial charge in [0.05, 0.1) is 6.04 Å². The number of aryl methyl sites for hydroxylation is 1. The Kier molecular flexibility index (Phi) is 4.53. The van der Waals surface area contributed by atoms with Gasteiger partial charge in [0, 0.05) is 5.69 Å². The van der Waals surface area contributed by atoms with Gasteiger partial charge < -0.3 is 10.6 Å². The van der Waals surface area contributed by atoms with E-state index in [4.69, 9.17) is 12.2 Å². The molecule has 2 aromatic carbocycles. The summed E-state index contributed by atoms with van der Waals surface area (Å²) in [6.45, 7) is 4.22. The van der Waals surface area contributed by atoms with Crippen molar-refractivity contribution in [1.29, 1.82) is 0 Å². The van der Waals surface area contributed by atoms with Crippen molar-refractivity contribution < 1.29 is 0 Å². The molecule has 0 fully saturated rings. The summed E-state index contributed by atoms with van der Waals surface area (Å²) in [6.07, 6.45) is 0. The third-order valence-corrected chi connectivity index (χ3v) is 3.25. The molecular weight excluding hydrogens is 252 g/mol. The molecule has 0 spiro atoms. The first-order chi connectivity index (χ1) is 9.16. The lowest BCUT2D eigenvalue weighted by Gasteiger charge is -2.19. The van der Waals surface area contributed by atoms with Gasteiger partial charge >= 0.3 is 0 Å². The van der Waals surface area contributed by atoms with Crippen molar-refractivity contribution in [1.82, 2.24) is 5.32 Å². The van der Waals surface area contributed by atoms with Gasteiger partial charge in [-0.3, -0.25) is 0 Å². The van der Waals surface area contributed by atoms with Crippen LogP contribution in [0.5, 0.6) is 0 Å². The Labute approximate surface area is 119 Å². The highest BCUT2D eigenvalue weighted by molar-refractivity contribution is 7.80. The van der Waals surface area contributed by atoms with Crippen LogP contribution in [0.4, 0.5) is 5.69 Å². The van der Waals surface area contributed by atoms with Crippen LogP contribution in [-0.2, 0) is 0 Å². The van der Waals surface area contributed by atoms with E-state index in [1.807, 2.05) is 42.5 Å². The minimum atomic E-state index is 0.185. The zero-order valence-electron chi connectivity index (χ0n) is 11.2. The van der Waals surface area contributed by atoms with E-state index in [0.717, 1.165) is 5.69 Å². The molecule has 0 unspecified atom stereocenters. The normalized spacial score (nSPS) is 11.7. The molecule has 2 rings (SSSR count). The minimum absolute atomic E-state index is 0.185. The van der Waals surface area contributed by atoms with Crippen molar-refractivity contribution in [2.75, 3.05) is 5.32 Å². The molecule has 2 nitrogen and oxygen atoms in total. The number of thiocarbonyl (C=S) groups is 1. The molecule has 2 N–H and O–H groups in total. The molecule has 0 aliphatic carbocycles. The molecule has 0 saturated heterocycles. The topological polar surface area (TPSA) is 24.1 Å². The number of hydrogen-bond donors (Lipinski definition) is 2. The Morgan fingerprint density at radius 3 is 2.32 bits per heavy atom. The van der Waals surface area contributed by atoms with Gasteiger partial charge in [0.2, 0.25) is 0 Å². The highest BCUT2D eigenvalue weighted by atomic mass is 32.1. The summed E-state index contributed by atoms with van der Waals surface area (Å²) in [4.78, 5) is 0. The third-order valence-electron chi connectivity index (χ3n) is 3.03. The zero-order valence-corrected chi connectivity index (χ0v) is 12.0.